The molecule has 0 bridgehead atoms. The third-order valence-electron chi connectivity index (χ3n) is 4.23. The minimum Gasteiger partial charge on any atom is -0.457 e. The molecule has 0 spiro atoms. The van der Waals surface area contributed by atoms with Crippen LogP contribution in [0.1, 0.15) is 40.5 Å². The van der Waals surface area contributed by atoms with E-state index in [9.17, 15) is 4.79 Å². The number of para-hydroxylation sites is 2. The van der Waals surface area contributed by atoms with E-state index in [1.165, 1.54) is 12.8 Å². The first-order valence-corrected chi connectivity index (χ1v) is 8.44. The summed E-state index contributed by atoms with van der Waals surface area (Å²) < 4.78 is 5.92. The Balaban J connectivity index is 1.42. The fourth-order valence-electron chi connectivity index (χ4n) is 2.69. The number of carbonyl (C=O) groups is 1. The van der Waals surface area contributed by atoms with Crippen molar-refractivity contribution in [1.82, 2.24) is 15.5 Å². The Morgan fingerprint density at radius 2 is 1.88 bits per heavy atom. The van der Waals surface area contributed by atoms with E-state index in [1.807, 2.05) is 60.7 Å². The number of nitrogens with zero attached hydrogens (tertiary/aromatic N) is 1. The van der Waals surface area contributed by atoms with Gasteiger partial charge in [0.15, 0.2) is 0 Å². The molecule has 25 heavy (non-hydrogen) atoms. The summed E-state index contributed by atoms with van der Waals surface area (Å²) in [6.07, 6.45) is 2.35. The average molecular weight is 333 g/mol. The Labute approximate surface area is 146 Å². The zero-order valence-corrected chi connectivity index (χ0v) is 13.7. The van der Waals surface area contributed by atoms with E-state index >= 15 is 0 Å². The van der Waals surface area contributed by atoms with Gasteiger partial charge >= 0.3 is 0 Å². The first-order valence-electron chi connectivity index (χ1n) is 8.44. The maximum atomic E-state index is 12.3. The lowest BCUT2D eigenvalue weighted by Gasteiger charge is -2.11. The molecule has 1 fully saturated rings. The van der Waals surface area contributed by atoms with E-state index in [0.717, 1.165) is 22.8 Å². The van der Waals surface area contributed by atoms with E-state index in [-0.39, 0.29) is 5.91 Å². The summed E-state index contributed by atoms with van der Waals surface area (Å²) in [5.74, 6) is 1.86. The zero-order chi connectivity index (χ0) is 17.1. The summed E-state index contributed by atoms with van der Waals surface area (Å²) >= 11 is 0. The predicted octanol–water partition coefficient (Wildman–Crippen LogP) is 4.01. The summed E-state index contributed by atoms with van der Waals surface area (Å²) in [4.78, 5) is 12.3. The molecule has 0 aliphatic heterocycles. The molecule has 4 rings (SSSR count). The van der Waals surface area contributed by atoms with Crippen LogP contribution < -0.4 is 10.1 Å². The molecule has 1 aliphatic rings. The van der Waals surface area contributed by atoms with Gasteiger partial charge in [-0.2, -0.15) is 5.10 Å². The van der Waals surface area contributed by atoms with E-state index in [1.54, 1.807) is 0 Å². The van der Waals surface area contributed by atoms with Crippen LogP contribution in [0, 0.1) is 0 Å². The lowest BCUT2D eigenvalue weighted by Crippen LogP contribution is -2.23. The lowest BCUT2D eigenvalue weighted by molar-refractivity contribution is 0.0945. The second kappa shape index (κ2) is 6.81. The van der Waals surface area contributed by atoms with E-state index in [0.29, 0.717) is 18.2 Å². The Hall–Kier alpha value is -3.08. The van der Waals surface area contributed by atoms with Crippen molar-refractivity contribution in [2.75, 3.05) is 0 Å². The predicted molar refractivity (Wildman–Crippen MR) is 94.7 cm³/mol. The first kappa shape index (κ1) is 15.4. The first-order chi connectivity index (χ1) is 12.3. The Bertz CT molecular complexity index is 869. The van der Waals surface area contributed by atoms with Gasteiger partial charge in [0, 0.05) is 23.7 Å². The number of amides is 1. The topological polar surface area (TPSA) is 67.0 Å². The van der Waals surface area contributed by atoms with Gasteiger partial charge in [0.05, 0.1) is 0 Å². The quantitative estimate of drug-likeness (QED) is 0.716. The highest BCUT2D eigenvalue weighted by molar-refractivity contribution is 5.92. The third-order valence-corrected chi connectivity index (χ3v) is 4.23. The fraction of sp³-hybridized carbons (Fsp3) is 0.200. The van der Waals surface area contributed by atoms with Gasteiger partial charge in [-0.15, -0.1) is 0 Å². The van der Waals surface area contributed by atoms with Crippen molar-refractivity contribution in [1.29, 1.82) is 0 Å². The van der Waals surface area contributed by atoms with Gasteiger partial charge in [-0.05, 0) is 37.1 Å². The minimum atomic E-state index is -0.183. The van der Waals surface area contributed by atoms with Gasteiger partial charge in [0.1, 0.15) is 17.2 Å². The standard InChI is InChI=1S/C20H19N3O2/c24-20(18-12-17(22-23-18)14-10-11-14)21-13-15-6-4-5-9-19(15)25-16-7-2-1-3-8-16/h1-9,12,14H,10-11,13H2,(H,21,24)(H,22,23). The number of nitrogens with one attached hydrogen (secondary N) is 2. The summed E-state index contributed by atoms with van der Waals surface area (Å²) in [6, 6.07) is 19.1. The van der Waals surface area contributed by atoms with Crippen molar-refractivity contribution >= 4 is 5.91 Å². The van der Waals surface area contributed by atoms with E-state index < -0.39 is 0 Å². The Morgan fingerprint density at radius 1 is 1.12 bits per heavy atom. The van der Waals surface area contributed by atoms with Gasteiger partial charge in [-0.3, -0.25) is 9.89 Å². The molecule has 2 N–H and O–H groups in total. The number of benzene rings is 2. The molecule has 2 aromatic carbocycles. The van der Waals surface area contributed by atoms with Gasteiger partial charge in [0.2, 0.25) is 0 Å². The van der Waals surface area contributed by atoms with Crippen LogP contribution in [0.15, 0.2) is 60.7 Å². The summed E-state index contributed by atoms with van der Waals surface area (Å²) in [5, 5.41) is 9.98. The highest BCUT2D eigenvalue weighted by atomic mass is 16.5. The highest BCUT2D eigenvalue weighted by Crippen LogP contribution is 2.39. The number of H-pyrrole nitrogens is 1. The molecule has 3 aromatic rings. The van der Waals surface area contributed by atoms with Gasteiger partial charge in [-0.1, -0.05) is 36.4 Å². The monoisotopic (exact) mass is 333 g/mol. The number of ether oxygens (including phenoxy) is 1. The lowest BCUT2D eigenvalue weighted by atomic mass is 10.2. The number of aromatic nitrogens is 2. The molecule has 126 valence electrons. The molecular formula is C20H19N3O2. The van der Waals surface area contributed by atoms with Crippen molar-refractivity contribution in [3.8, 4) is 11.5 Å². The van der Waals surface area contributed by atoms with Crippen molar-refractivity contribution in [3.63, 3.8) is 0 Å². The van der Waals surface area contributed by atoms with Crippen molar-refractivity contribution < 1.29 is 9.53 Å². The molecule has 5 heteroatoms. The summed E-state index contributed by atoms with van der Waals surface area (Å²) in [6.45, 7) is 0.382. The highest BCUT2D eigenvalue weighted by Gasteiger charge is 2.26. The zero-order valence-electron chi connectivity index (χ0n) is 13.7. The van der Waals surface area contributed by atoms with Crippen LogP contribution in [0.3, 0.4) is 0 Å². The van der Waals surface area contributed by atoms with Crippen molar-refractivity contribution in [2.24, 2.45) is 0 Å². The average Bonchev–Trinajstić information content (AvgIpc) is 3.38. The molecule has 5 nitrogen and oxygen atoms in total. The van der Waals surface area contributed by atoms with E-state index in [2.05, 4.69) is 15.5 Å². The Kier molecular flexibility index (Phi) is 4.21. The number of rotatable bonds is 6. The normalized spacial score (nSPS) is 13.4. The molecule has 0 atom stereocenters. The van der Waals surface area contributed by atoms with Crippen LogP contribution in [-0.4, -0.2) is 16.1 Å². The smallest absolute Gasteiger partial charge is 0.272 e. The molecule has 0 unspecified atom stereocenters. The maximum absolute atomic E-state index is 12.3. The summed E-state index contributed by atoms with van der Waals surface area (Å²) in [5.41, 5.74) is 2.40. The van der Waals surface area contributed by atoms with Crippen LogP contribution in [0.4, 0.5) is 0 Å². The second-order valence-corrected chi connectivity index (χ2v) is 6.19. The van der Waals surface area contributed by atoms with E-state index in [4.69, 9.17) is 4.74 Å². The SMILES string of the molecule is O=C(NCc1ccccc1Oc1ccccc1)c1cc(C2CC2)[nH]n1. The molecule has 0 radical (unpaired) electrons. The van der Waals surface area contributed by atoms with Gasteiger partial charge < -0.3 is 10.1 Å². The molecule has 1 heterocycles. The Morgan fingerprint density at radius 3 is 2.68 bits per heavy atom. The largest absolute Gasteiger partial charge is 0.457 e. The van der Waals surface area contributed by atoms with Crippen LogP contribution in [-0.2, 0) is 6.54 Å². The number of carbonyl (C=O) groups excluding carboxylic acids is 1. The fourth-order valence-corrected chi connectivity index (χ4v) is 2.69. The molecule has 1 aromatic heterocycles. The van der Waals surface area contributed by atoms with Gasteiger partial charge in [-0.25, -0.2) is 0 Å². The molecule has 1 aliphatic carbocycles. The van der Waals surface area contributed by atoms with Crippen molar-refractivity contribution in [2.45, 2.75) is 25.3 Å². The second-order valence-electron chi connectivity index (χ2n) is 6.19. The van der Waals surface area contributed by atoms with Crippen LogP contribution in [0.2, 0.25) is 0 Å². The number of hydrogen-bond donors (Lipinski definition) is 2. The van der Waals surface area contributed by atoms with Crippen LogP contribution in [0.5, 0.6) is 11.5 Å². The maximum Gasteiger partial charge on any atom is 0.272 e. The molecular weight excluding hydrogens is 314 g/mol. The molecule has 1 amide bonds. The van der Waals surface area contributed by atoms with Gasteiger partial charge in [0.25, 0.3) is 5.91 Å². The van der Waals surface area contributed by atoms with Crippen LogP contribution in [0.25, 0.3) is 0 Å². The molecule has 0 saturated heterocycles. The van der Waals surface area contributed by atoms with Crippen LogP contribution >= 0.6 is 0 Å². The number of aromatic amines is 1. The third kappa shape index (κ3) is 3.71. The number of hydrogen-bond acceptors (Lipinski definition) is 3. The van der Waals surface area contributed by atoms with Crippen molar-refractivity contribution in [3.05, 3.63) is 77.6 Å². The summed E-state index contributed by atoms with van der Waals surface area (Å²) in [7, 11) is 0. The molecule has 1 saturated carbocycles. The minimum absolute atomic E-state index is 0.183.